The molecular formula is C24H24N7O5S3+. The highest BCUT2D eigenvalue weighted by molar-refractivity contribution is 8.00. The van der Waals surface area contributed by atoms with E-state index in [4.69, 9.17) is 10.6 Å². The molecule has 3 aliphatic rings. The fourth-order valence-electron chi connectivity index (χ4n) is 4.65. The van der Waals surface area contributed by atoms with Crippen molar-refractivity contribution in [2.45, 2.75) is 36.8 Å². The maximum absolute atomic E-state index is 13.2. The fraction of sp³-hybridized carbons (Fsp3) is 0.333. The number of amides is 2. The fourth-order valence-corrected chi connectivity index (χ4v) is 7.52. The summed E-state index contributed by atoms with van der Waals surface area (Å²) >= 11 is 4.15. The van der Waals surface area contributed by atoms with Gasteiger partial charge in [-0.25, -0.2) is 9.78 Å². The summed E-state index contributed by atoms with van der Waals surface area (Å²) in [6, 6.07) is 3.61. The van der Waals surface area contributed by atoms with Crippen LogP contribution in [0.25, 0.3) is 10.2 Å². The van der Waals surface area contributed by atoms with E-state index in [9.17, 15) is 19.5 Å². The first-order valence-corrected chi connectivity index (χ1v) is 14.9. The monoisotopic (exact) mass is 586 g/mol. The van der Waals surface area contributed by atoms with Crippen LogP contribution in [0.3, 0.4) is 0 Å². The number of hydrogen-bond donors (Lipinski definition) is 4. The molecule has 0 bridgehead atoms. The van der Waals surface area contributed by atoms with Crippen molar-refractivity contribution in [1.29, 1.82) is 0 Å². The number of carbonyl (C=O) groups excluding carboxylic acids is 2. The van der Waals surface area contributed by atoms with E-state index in [0.29, 0.717) is 23.9 Å². The number of carboxylic acid groups (broad SMARTS) is 1. The number of aliphatic carboxylic acids is 1. The molecule has 6 rings (SSSR count). The normalized spacial score (nSPS) is 21.0. The Hall–Kier alpha value is -3.69. The first-order chi connectivity index (χ1) is 18.9. The first kappa shape index (κ1) is 25.6. The number of carbonyl (C=O) groups is 3. The molecule has 2 fully saturated rings. The number of nitrogens with zero attached hydrogens (tertiary/aromatic N) is 4. The van der Waals surface area contributed by atoms with Gasteiger partial charge in [0.05, 0.1) is 11.1 Å². The summed E-state index contributed by atoms with van der Waals surface area (Å²) in [4.78, 5) is 49.7. The molecule has 3 aromatic rings. The van der Waals surface area contributed by atoms with Crippen LogP contribution in [0.15, 0.2) is 45.5 Å². The maximum atomic E-state index is 13.2. The van der Waals surface area contributed by atoms with Gasteiger partial charge in [0.25, 0.3) is 16.6 Å². The number of thiazole rings is 1. The van der Waals surface area contributed by atoms with Crippen LogP contribution in [-0.2, 0) is 25.8 Å². The number of hydrogen-bond acceptors (Lipinski definition) is 11. The lowest BCUT2D eigenvalue weighted by Crippen LogP contribution is -2.71. The van der Waals surface area contributed by atoms with Gasteiger partial charge in [-0.3, -0.25) is 14.5 Å². The van der Waals surface area contributed by atoms with Crippen molar-refractivity contribution in [3.05, 3.63) is 46.1 Å². The smallest absolute Gasteiger partial charge is 0.352 e. The molecule has 5 N–H and O–H groups in total. The molecule has 1 aliphatic carbocycles. The van der Waals surface area contributed by atoms with Crippen molar-refractivity contribution >= 4 is 79.0 Å². The number of β-lactam (4-membered cyclic amide) rings is 1. The second-order valence-corrected chi connectivity index (χ2v) is 12.1. The quantitative estimate of drug-likeness (QED) is 0.126. The number of fused-ring (bicyclic) bond motifs is 2. The van der Waals surface area contributed by atoms with E-state index < -0.39 is 29.2 Å². The Kier molecular flexibility index (Phi) is 6.64. The van der Waals surface area contributed by atoms with Crippen LogP contribution in [0.4, 0.5) is 10.8 Å². The average molecular weight is 587 g/mol. The summed E-state index contributed by atoms with van der Waals surface area (Å²) in [6.07, 6.45) is 4.26. The van der Waals surface area contributed by atoms with Gasteiger partial charge in [-0.2, -0.15) is 4.57 Å². The SMILES string of the molecule is CO/N=C(\C(=O)NC1C(=O)N2C(C(=O)O)=C(C[n+]3cccc4c(NC5CC5)csc43)CS[C@H]12)c1csc(N)n1. The molecule has 5 heterocycles. The summed E-state index contributed by atoms with van der Waals surface area (Å²) < 4.78 is 2.02. The Morgan fingerprint density at radius 3 is 2.85 bits per heavy atom. The van der Waals surface area contributed by atoms with Gasteiger partial charge in [0.15, 0.2) is 23.6 Å². The van der Waals surface area contributed by atoms with Gasteiger partial charge in [0.1, 0.15) is 29.9 Å². The highest BCUT2D eigenvalue weighted by Gasteiger charge is 2.55. The molecule has 1 unspecified atom stereocenters. The number of nitrogen functional groups attached to an aromatic ring is 1. The predicted molar refractivity (Wildman–Crippen MR) is 148 cm³/mol. The second-order valence-electron chi connectivity index (χ2n) is 9.23. The van der Waals surface area contributed by atoms with E-state index in [1.165, 1.54) is 36.6 Å². The van der Waals surface area contributed by atoms with Crippen LogP contribution in [-0.4, -0.2) is 68.8 Å². The van der Waals surface area contributed by atoms with Gasteiger partial charge in [-0.05, 0) is 18.9 Å². The van der Waals surface area contributed by atoms with Gasteiger partial charge < -0.3 is 26.3 Å². The third-order valence-corrected chi connectivity index (χ3v) is 9.64. The van der Waals surface area contributed by atoms with Crippen LogP contribution in [0.2, 0.25) is 0 Å². The van der Waals surface area contributed by atoms with Gasteiger partial charge >= 0.3 is 5.97 Å². The van der Waals surface area contributed by atoms with Gasteiger partial charge in [-0.1, -0.05) is 16.5 Å². The molecule has 15 heteroatoms. The van der Waals surface area contributed by atoms with E-state index >= 15 is 0 Å². The number of oxime groups is 1. The molecule has 202 valence electrons. The van der Waals surface area contributed by atoms with Crippen LogP contribution >= 0.6 is 34.4 Å². The van der Waals surface area contributed by atoms with Crippen molar-refractivity contribution in [2.75, 3.05) is 23.9 Å². The van der Waals surface area contributed by atoms with Crippen molar-refractivity contribution in [2.24, 2.45) is 5.16 Å². The largest absolute Gasteiger partial charge is 0.477 e. The molecular weight excluding hydrogens is 563 g/mol. The predicted octanol–water partition coefficient (Wildman–Crippen LogP) is 1.59. The summed E-state index contributed by atoms with van der Waals surface area (Å²) in [7, 11) is 1.29. The molecule has 39 heavy (non-hydrogen) atoms. The zero-order chi connectivity index (χ0) is 27.3. The Bertz CT molecular complexity index is 1560. The molecule has 0 spiro atoms. The lowest BCUT2D eigenvalue weighted by molar-refractivity contribution is -0.661. The lowest BCUT2D eigenvalue weighted by Gasteiger charge is -2.49. The Labute approximate surface area is 234 Å². The number of rotatable bonds is 9. The number of pyridine rings is 1. The van der Waals surface area contributed by atoms with Crippen molar-refractivity contribution in [3.63, 3.8) is 0 Å². The number of nitrogens with two attached hydrogens (primary N) is 1. The molecule has 2 atom stereocenters. The molecule has 1 saturated heterocycles. The summed E-state index contributed by atoms with van der Waals surface area (Å²) in [6.45, 7) is 0.332. The van der Waals surface area contributed by atoms with E-state index in [1.54, 1.807) is 16.7 Å². The van der Waals surface area contributed by atoms with Crippen LogP contribution in [0.5, 0.6) is 0 Å². The van der Waals surface area contributed by atoms with E-state index in [0.717, 1.165) is 27.2 Å². The summed E-state index contributed by atoms with van der Waals surface area (Å²) in [5.41, 5.74) is 7.46. The maximum Gasteiger partial charge on any atom is 0.352 e. The third kappa shape index (κ3) is 4.70. The summed E-state index contributed by atoms with van der Waals surface area (Å²) in [5.74, 6) is -1.95. The van der Waals surface area contributed by atoms with Crippen LogP contribution in [0.1, 0.15) is 18.5 Å². The number of aromatic nitrogens is 2. The first-order valence-electron chi connectivity index (χ1n) is 12.0. The highest BCUT2D eigenvalue weighted by atomic mass is 32.2. The highest BCUT2D eigenvalue weighted by Crippen LogP contribution is 2.41. The molecule has 0 radical (unpaired) electrons. The Morgan fingerprint density at radius 1 is 1.33 bits per heavy atom. The molecule has 2 aliphatic heterocycles. The minimum atomic E-state index is -1.18. The number of carboxylic acids is 1. The van der Waals surface area contributed by atoms with E-state index in [1.807, 2.05) is 16.8 Å². The van der Waals surface area contributed by atoms with Crippen molar-refractivity contribution in [1.82, 2.24) is 15.2 Å². The van der Waals surface area contributed by atoms with Gasteiger partial charge in [-0.15, -0.1) is 23.1 Å². The van der Waals surface area contributed by atoms with Crippen LogP contribution in [0, 0.1) is 0 Å². The third-order valence-electron chi connectivity index (χ3n) is 6.60. The average Bonchev–Trinajstić information content (AvgIpc) is 3.49. The number of thiophene rings is 1. The van der Waals surface area contributed by atoms with Crippen molar-refractivity contribution < 1.29 is 28.9 Å². The summed E-state index contributed by atoms with van der Waals surface area (Å²) in [5, 5.41) is 24.5. The number of thioether (sulfide) groups is 1. The zero-order valence-electron chi connectivity index (χ0n) is 20.6. The molecule has 2 amide bonds. The van der Waals surface area contributed by atoms with E-state index in [-0.39, 0.29) is 22.2 Å². The topological polar surface area (TPSA) is 163 Å². The molecule has 0 aromatic carbocycles. The minimum Gasteiger partial charge on any atom is -0.477 e. The Balaban J connectivity index is 1.23. The standard InChI is InChI=1S/C24H23N7O5S3/c1-36-29-16(15-10-39-24(25)27-15)19(32)28-17-20(33)31-18(23(34)35)11(8-37-22(17)31)7-30-6-2-3-13-14(9-38-21(13)30)26-12-4-5-12/h2-3,6,9-10,12,17,22,26H,4-5,7-8H2,1H3,(H3-,25,27,28,32,34,35)/p+1/b29-16-/t17?,22-/m1/s1. The molecule has 12 nitrogen and oxygen atoms in total. The lowest BCUT2D eigenvalue weighted by atomic mass is 10.0. The van der Waals surface area contributed by atoms with Crippen molar-refractivity contribution in [3.8, 4) is 0 Å². The minimum absolute atomic E-state index is 0.0373. The Morgan fingerprint density at radius 2 is 2.15 bits per heavy atom. The van der Waals surface area contributed by atoms with Crippen LogP contribution < -0.4 is 20.9 Å². The number of nitrogens with one attached hydrogen (secondary N) is 2. The molecule has 1 saturated carbocycles. The van der Waals surface area contributed by atoms with Gasteiger partial charge in [0, 0.05) is 34.2 Å². The van der Waals surface area contributed by atoms with E-state index in [2.05, 4.69) is 32.2 Å². The van der Waals surface area contributed by atoms with Gasteiger partial charge in [0.2, 0.25) is 0 Å². The zero-order valence-corrected chi connectivity index (χ0v) is 23.1. The second kappa shape index (κ2) is 10.1. The molecule has 3 aromatic heterocycles. The number of anilines is 2.